The van der Waals surface area contributed by atoms with Crippen molar-refractivity contribution < 1.29 is 4.42 Å². The summed E-state index contributed by atoms with van der Waals surface area (Å²) >= 11 is 0. The van der Waals surface area contributed by atoms with Crippen molar-refractivity contribution in [3.8, 4) is 0 Å². The molecule has 0 aliphatic heterocycles. The van der Waals surface area contributed by atoms with E-state index in [0.29, 0.717) is 0 Å². The molecule has 2 heterocycles. The molecule has 0 radical (unpaired) electrons. The Morgan fingerprint density at radius 2 is 2.06 bits per heavy atom. The van der Waals surface area contributed by atoms with Crippen LogP contribution in [0.4, 0.5) is 11.6 Å². The zero-order valence-corrected chi connectivity index (χ0v) is 9.23. The van der Waals surface area contributed by atoms with Crippen molar-refractivity contribution in [3.63, 3.8) is 0 Å². The van der Waals surface area contributed by atoms with Crippen LogP contribution in [-0.2, 0) is 6.42 Å². The van der Waals surface area contributed by atoms with E-state index in [1.165, 1.54) is 0 Å². The summed E-state index contributed by atoms with van der Waals surface area (Å²) in [5.41, 5.74) is 0. The van der Waals surface area contributed by atoms with Crippen LogP contribution in [0, 0.1) is 0 Å². The molecule has 0 atom stereocenters. The van der Waals surface area contributed by atoms with Crippen molar-refractivity contribution in [2.45, 2.75) is 6.42 Å². The summed E-state index contributed by atoms with van der Waals surface area (Å²) < 4.78 is 5.24. The molecular formula is C12H15N3O. The Hall–Kier alpha value is -1.97. The van der Waals surface area contributed by atoms with Crippen molar-refractivity contribution in [3.05, 3.63) is 42.4 Å². The fourth-order valence-electron chi connectivity index (χ4n) is 1.44. The van der Waals surface area contributed by atoms with E-state index in [1.807, 2.05) is 37.4 Å². The molecule has 84 valence electrons. The lowest BCUT2D eigenvalue weighted by molar-refractivity contribution is 0.513. The van der Waals surface area contributed by atoms with E-state index in [4.69, 9.17) is 4.42 Å². The molecule has 0 amide bonds. The van der Waals surface area contributed by atoms with E-state index < -0.39 is 0 Å². The van der Waals surface area contributed by atoms with E-state index in [0.717, 1.165) is 30.4 Å². The molecule has 4 heteroatoms. The van der Waals surface area contributed by atoms with Gasteiger partial charge in [0.15, 0.2) is 0 Å². The van der Waals surface area contributed by atoms with Gasteiger partial charge in [-0.25, -0.2) is 4.98 Å². The normalized spacial score (nSPS) is 10.1. The van der Waals surface area contributed by atoms with Gasteiger partial charge in [0, 0.05) is 20.0 Å². The van der Waals surface area contributed by atoms with Crippen molar-refractivity contribution >= 4 is 11.6 Å². The van der Waals surface area contributed by atoms with Gasteiger partial charge in [-0.05, 0) is 24.3 Å². The Labute approximate surface area is 94.7 Å². The van der Waals surface area contributed by atoms with Crippen LogP contribution in [0.5, 0.6) is 0 Å². The Kier molecular flexibility index (Phi) is 3.43. The maximum Gasteiger partial charge on any atom is 0.128 e. The summed E-state index contributed by atoms with van der Waals surface area (Å²) in [4.78, 5) is 4.36. The molecule has 16 heavy (non-hydrogen) atoms. The average Bonchev–Trinajstić information content (AvgIpc) is 2.82. The fourth-order valence-corrected chi connectivity index (χ4v) is 1.44. The monoisotopic (exact) mass is 217 g/mol. The molecule has 0 saturated heterocycles. The maximum atomic E-state index is 5.24. The molecule has 0 unspecified atom stereocenters. The first-order valence-electron chi connectivity index (χ1n) is 5.29. The lowest BCUT2D eigenvalue weighted by Gasteiger charge is -2.05. The van der Waals surface area contributed by atoms with Gasteiger partial charge in [0.05, 0.1) is 6.26 Å². The van der Waals surface area contributed by atoms with Gasteiger partial charge in [-0.1, -0.05) is 6.07 Å². The molecular weight excluding hydrogens is 202 g/mol. The molecule has 0 saturated carbocycles. The highest BCUT2D eigenvalue weighted by Gasteiger charge is 1.97. The number of furan rings is 1. The number of hydrogen-bond acceptors (Lipinski definition) is 4. The summed E-state index contributed by atoms with van der Waals surface area (Å²) in [6, 6.07) is 9.71. The van der Waals surface area contributed by atoms with Crippen LogP contribution < -0.4 is 10.6 Å². The van der Waals surface area contributed by atoms with Crippen molar-refractivity contribution in [1.29, 1.82) is 0 Å². The average molecular weight is 217 g/mol. The zero-order chi connectivity index (χ0) is 11.2. The molecule has 0 fully saturated rings. The van der Waals surface area contributed by atoms with E-state index >= 15 is 0 Å². The zero-order valence-electron chi connectivity index (χ0n) is 9.23. The van der Waals surface area contributed by atoms with Crippen LogP contribution in [0.3, 0.4) is 0 Å². The van der Waals surface area contributed by atoms with Crippen LogP contribution in [0.1, 0.15) is 5.76 Å². The number of hydrogen-bond donors (Lipinski definition) is 2. The SMILES string of the molecule is CNc1cccc(NCCc2ccco2)n1. The minimum Gasteiger partial charge on any atom is -0.469 e. The van der Waals surface area contributed by atoms with Gasteiger partial charge in [0.2, 0.25) is 0 Å². The first-order valence-corrected chi connectivity index (χ1v) is 5.29. The second-order valence-corrected chi connectivity index (χ2v) is 3.41. The first kappa shape index (κ1) is 10.5. The van der Waals surface area contributed by atoms with Crippen molar-refractivity contribution in [1.82, 2.24) is 4.98 Å². The second kappa shape index (κ2) is 5.21. The molecule has 4 nitrogen and oxygen atoms in total. The molecule has 2 aromatic heterocycles. The van der Waals surface area contributed by atoms with E-state index in [9.17, 15) is 0 Å². The van der Waals surface area contributed by atoms with Crippen LogP contribution in [0.15, 0.2) is 41.0 Å². The van der Waals surface area contributed by atoms with Gasteiger partial charge < -0.3 is 15.1 Å². The van der Waals surface area contributed by atoms with Gasteiger partial charge in [-0.3, -0.25) is 0 Å². The third-order valence-corrected chi connectivity index (χ3v) is 2.26. The minimum atomic E-state index is 0.813. The minimum absolute atomic E-state index is 0.813. The highest BCUT2D eigenvalue weighted by Crippen LogP contribution is 2.08. The summed E-state index contributed by atoms with van der Waals surface area (Å²) in [6.45, 7) is 0.813. The first-order chi connectivity index (χ1) is 7.88. The number of pyridine rings is 1. The lowest BCUT2D eigenvalue weighted by atomic mass is 10.3. The van der Waals surface area contributed by atoms with Crippen molar-refractivity contribution in [2.24, 2.45) is 0 Å². The molecule has 2 N–H and O–H groups in total. The number of rotatable bonds is 5. The number of anilines is 2. The van der Waals surface area contributed by atoms with Crippen LogP contribution in [0.25, 0.3) is 0 Å². The summed E-state index contributed by atoms with van der Waals surface area (Å²) in [5.74, 6) is 2.72. The predicted molar refractivity (Wildman–Crippen MR) is 64.7 cm³/mol. The lowest BCUT2D eigenvalue weighted by Crippen LogP contribution is -2.06. The van der Waals surface area contributed by atoms with Crippen LogP contribution in [-0.4, -0.2) is 18.6 Å². The molecule has 0 aromatic carbocycles. The van der Waals surface area contributed by atoms with Gasteiger partial charge in [0.25, 0.3) is 0 Å². The van der Waals surface area contributed by atoms with E-state index in [-0.39, 0.29) is 0 Å². The highest BCUT2D eigenvalue weighted by molar-refractivity contribution is 5.44. The smallest absolute Gasteiger partial charge is 0.128 e. The van der Waals surface area contributed by atoms with Crippen LogP contribution >= 0.6 is 0 Å². The second-order valence-electron chi connectivity index (χ2n) is 3.41. The maximum absolute atomic E-state index is 5.24. The Bertz CT molecular complexity index is 426. The van der Waals surface area contributed by atoms with Gasteiger partial charge in [0.1, 0.15) is 17.4 Å². The van der Waals surface area contributed by atoms with Gasteiger partial charge in [-0.2, -0.15) is 0 Å². The third kappa shape index (κ3) is 2.76. The molecule has 0 bridgehead atoms. The largest absolute Gasteiger partial charge is 0.469 e. The van der Waals surface area contributed by atoms with E-state index in [2.05, 4.69) is 15.6 Å². The Morgan fingerprint density at radius 1 is 1.19 bits per heavy atom. The topological polar surface area (TPSA) is 50.1 Å². The molecule has 0 aliphatic carbocycles. The molecule has 0 aliphatic rings. The summed E-state index contributed by atoms with van der Waals surface area (Å²) in [7, 11) is 1.86. The predicted octanol–water partition coefficient (Wildman–Crippen LogP) is 2.37. The van der Waals surface area contributed by atoms with Gasteiger partial charge in [-0.15, -0.1) is 0 Å². The van der Waals surface area contributed by atoms with Crippen LogP contribution in [0.2, 0.25) is 0 Å². The van der Waals surface area contributed by atoms with Gasteiger partial charge >= 0.3 is 0 Å². The summed E-state index contributed by atoms with van der Waals surface area (Å²) in [6.07, 6.45) is 2.55. The quantitative estimate of drug-likeness (QED) is 0.807. The molecule has 2 aromatic rings. The van der Waals surface area contributed by atoms with E-state index in [1.54, 1.807) is 6.26 Å². The van der Waals surface area contributed by atoms with Crippen molar-refractivity contribution in [2.75, 3.05) is 24.2 Å². The molecule has 0 spiro atoms. The standard InChI is InChI=1S/C12H15N3O/c1-13-11-5-2-6-12(15-11)14-8-7-10-4-3-9-16-10/h2-6,9H,7-8H2,1H3,(H2,13,14,15). The number of aromatic nitrogens is 1. The summed E-state index contributed by atoms with van der Waals surface area (Å²) in [5, 5.41) is 6.25. The number of nitrogens with one attached hydrogen (secondary N) is 2. The fraction of sp³-hybridized carbons (Fsp3) is 0.250. The Morgan fingerprint density at radius 3 is 2.81 bits per heavy atom. The number of nitrogens with zero attached hydrogens (tertiary/aromatic N) is 1. The Balaban J connectivity index is 1.85. The highest BCUT2D eigenvalue weighted by atomic mass is 16.3. The molecule has 2 rings (SSSR count). The third-order valence-electron chi connectivity index (χ3n) is 2.26.